The van der Waals surface area contributed by atoms with Gasteiger partial charge in [0, 0.05) is 0 Å². The molecule has 0 heteroatoms. The van der Waals surface area contributed by atoms with Gasteiger partial charge in [0.2, 0.25) is 0 Å². The number of fused-ring (bicyclic) bond motifs is 4. The second-order valence-electron chi connectivity index (χ2n) is 17.9. The van der Waals surface area contributed by atoms with Crippen LogP contribution in [0.5, 0.6) is 0 Å². The first-order chi connectivity index (χ1) is 31.7. The average molecular weight is 821 g/mol. The van der Waals surface area contributed by atoms with Crippen molar-refractivity contribution >= 4 is 24.3 Å². The minimum atomic E-state index is 1.08. The van der Waals surface area contributed by atoms with Gasteiger partial charge >= 0.3 is 0 Å². The molecule has 4 aliphatic carbocycles. The molecule has 0 aromatic heterocycles. The van der Waals surface area contributed by atoms with E-state index in [1.165, 1.54) is 89.0 Å². The monoisotopic (exact) mass is 820 g/mol. The molecule has 0 radical (unpaired) electrons. The zero-order valence-electron chi connectivity index (χ0n) is 36.4. The molecule has 0 atom stereocenters. The van der Waals surface area contributed by atoms with Gasteiger partial charge in [0.05, 0.1) is 0 Å². The Kier molecular flexibility index (Phi) is 11.0. The van der Waals surface area contributed by atoms with Crippen LogP contribution in [-0.2, 0) is 25.7 Å². The quantitative estimate of drug-likeness (QED) is 0.129. The lowest BCUT2D eigenvalue weighted by atomic mass is 9.94. The third-order valence-corrected chi connectivity index (χ3v) is 13.7. The fourth-order valence-electron chi connectivity index (χ4n) is 10.5. The van der Waals surface area contributed by atoms with Crippen molar-refractivity contribution in [2.45, 2.75) is 51.4 Å². The maximum atomic E-state index is 2.45. The van der Waals surface area contributed by atoms with Crippen molar-refractivity contribution in [2.75, 3.05) is 0 Å². The molecule has 0 saturated carbocycles. The first-order valence-electron chi connectivity index (χ1n) is 23.2. The third-order valence-electron chi connectivity index (χ3n) is 13.7. The van der Waals surface area contributed by atoms with Crippen molar-refractivity contribution in [3.05, 3.63) is 261 Å². The Bertz CT molecular complexity index is 2890. The molecule has 308 valence electrons. The third kappa shape index (κ3) is 8.21. The lowest BCUT2D eigenvalue weighted by molar-refractivity contribution is 0.887. The van der Waals surface area contributed by atoms with Crippen LogP contribution in [0.2, 0.25) is 0 Å². The van der Waals surface area contributed by atoms with Crippen LogP contribution in [0.15, 0.2) is 216 Å². The Hall–Kier alpha value is -7.28. The van der Waals surface area contributed by atoms with Crippen LogP contribution in [0.3, 0.4) is 0 Å². The van der Waals surface area contributed by atoms with Crippen molar-refractivity contribution in [3.63, 3.8) is 0 Å². The van der Waals surface area contributed by atoms with E-state index in [0.717, 1.165) is 51.4 Å². The summed E-state index contributed by atoms with van der Waals surface area (Å²) >= 11 is 0. The molecule has 12 rings (SSSR count). The van der Waals surface area contributed by atoms with E-state index in [2.05, 4.69) is 218 Å². The molecular formula is C64H52. The zero-order chi connectivity index (χ0) is 42.7. The summed E-state index contributed by atoms with van der Waals surface area (Å²) in [6, 6.07) is 70.1. The molecule has 0 bridgehead atoms. The number of hydrogen-bond acceptors (Lipinski definition) is 0. The van der Waals surface area contributed by atoms with Gasteiger partial charge in [-0.25, -0.2) is 0 Å². The van der Waals surface area contributed by atoms with Gasteiger partial charge < -0.3 is 0 Å². The minimum Gasteiger partial charge on any atom is -0.0649 e. The Labute approximate surface area is 379 Å². The zero-order valence-corrected chi connectivity index (χ0v) is 36.4. The summed E-state index contributed by atoms with van der Waals surface area (Å²) in [6.45, 7) is 0. The Morgan fingerprint density at radius 1 is 0.250 bits per heavy atom. The molecule has 4 aliphatic rings. The lowest BCUT2D eigenvalue weighted by Gasteiger charge is -2.10. The molecule has 0 spiro atoms. The fraction of sp³-hybridized carbons (Fsp3) is 0.125. The normalized spacial score (nSPS) is 14.0. The Morgan fingerprint density at radius 3 is 0.938 bits per heavy atom. The summed E-state index contributed by atoms with van der Waals surface area (Å²) in [5, 5.41) is 0. The summed E-state index contributed by atoms with van der Waals surface area (Å²) in [5.41, 5.74) is 28.5. The number of hydrogen-bond donors (Lipinski definition) is 0. The predicted molar refractivity (Wildman–Crippen MR) is 273 cm³/mol. The van der Waals surface area contributed by atoms with Crippen LogP contribution in [-0.4, -0.2) is 0 Å². The molecule has 0 aliphatic heterocycles. The predicted octanol–water partition coefficient (Wildman–Crippen LogP) is 16.8. The van der Waals surface area contributed by atoms with E-state index in [1.54, 1.807) is 22.3 Å². The maximum absolute atomic E-state index is 2.45. The first-order valence-corrected chi connectivity index (χ1v) is 23.2. The molecule has 0 heterocycles. The molecule has 0 amide bonds. The van der Waals surface area contributed by atoms with E-state index in [0.29, 0.717) is 0 Å². The number of benzene rings is 8. The molecule has 0 saturated heterocycles. The van der Waals surface area contributed by atoms with E-state index in [1.807, 2.05) is 0 Å². The van der Waals surface area contributed by atoms with Gasteiger partial charge in [-0.3, -0.25) is 0 Å². The smallest absolute Gasteiger partial charge is 0.00515 e. The van der Waals surface area contributed by atoms with Crippen molar-refractivity contribution in [1.29, 1.82) is 0 Å². The summed E-state index contributed by atoms with van der Waals surface area (Å²) in [6.07, 6.45) is 18.7. The van der Waals surface area contributed by atoms with Crippen LogP contribution in [0.1, 0.15) is 70.2 Å². The molecule has 0 N–H and O–H groups in total. The van der Waals surface area contributed by atoms with E-state index in [4.69, 9.17) is 0 Å². The molecule has 8 aromatic carbocycles. The van der Waals surface area contributed by atoms with Crippen molar-refractivity contribution in [3.8, 4) is 44.5 Å². The second kappa shape index (κ2) is 17.8. The largest absolute Gasteiger partial charge is 0.0649 e. The van der Waals surface area contributed by atoms with E-state index < -0.39 is 0 Å². The van der Waals surface area contributed by atoms with E-state index >= 15 is 0 Å². The molecule has 8 aromatic rings. The topological polar surface area (TPSA) is 0 Å². The van der Waals surface area contributed by atoms with E-state index in [9.17, 15) is 0 Å². The van der Waals surface area contributed by atoms with Crippen LogP contribution in [0, 0.1) is 0 Å². The van der Waals surface area contributed by atoms with Gasteiger partial charge in [0.25, 0.3) is 0 Å². The lowest BCUT2D eigenvalue weighted by Crippen LogP contribution is -1.93. The first kappa shape index (κ1) is 39.6. The summed E-state index contributed by atoms with van der Waals surface area (Å²) in [7, 11) is 0. The summed E-state index contributed by atoms with van der Waals surface area (Å²) < 4.78 is 0. The highest BCUT2D eigenvalue weighted by molar-refractivity contribution is 5.83. The minimum absolute atomic E-state index is 1.08. The highest BCUT2D eigenvalue weighted by atomic mass is 14.3. The summed E-state index contributed by atoms with van der Waals surface area (Å²) in [5.74, 6) is 0. The average Bonchev–Trinajstić information content (AvgIpc) is 4.18. The van der Waals surface area contributed by atoms with E-state index in [-0.39, 0.29) is 0 Å². The Morgan fingerprint density at radius 2 is 0.562 bits per heavy atom. The van der Waals surface area contributed by atoms with Gasteiger partial charge in [0.1, 0.15) is 0 Å². The van der Waals surface area contributed by atoms with Crippen molar-refractivity contribution < 1.29 is 0 Å². The van der Waals surface area contributed by atoms with Gasteiger partial charge in [-0.15, -0.1) is 0 Å². The highest BCUT2D eigenvalue weighted by Crippen LogP contribution is 2.41. The number of rotatable bonds is 10. The maximum Gasteiger partial charge on any atom is -0.00515 e. The van der Waals surface area contributed by atoms with Gasteiger partial charge in [-0.1, -0.05) is 241 Å². The molecule has 0 unspecified atom stereocenters. The molecule has 0 fully saturated rings. The van der Waals surface area contributed by atoms with Gasteiger partial charge in [0.15, 0.2) is 0 Å². The van der Waals surface area contributed by atoms with Crippen molar-refractivity contribution in [1.82, 2.24) is 0 Å². The van der Waals surface area contributed by atoms with Crippen molar-refractivity contribution in [2.24, 2.45) is 0 Å². The van der Waals surface area contributed by atoms with Crippen LogP contribution in [0.25, 0.3) is 68.8 Å². The Balaban J connectivity index is 0.000000143. The summed E-state index contributed by atoms with van der Waals surface area (Å²) in [4.78, 5) is 0. The standard InChI is InChI=1S/2C32H26/c2*1-3-9-25(10-4-1)29-15-7-13-27-19-23(21-31(27)29)17-18-24-20-28-14-8-16-30(32(28)22-24)26-11-5-2-6-12-26/h1-16,21-22H,17-20H2;1-16,19-20H,17-18,21-22H2. The highest BCUT2D eigenvalue weighted by Gasteiger charge is 2.22. The SMILES string of the molecule is C1=C(CCC2=Cc3c(cccc3-c3ccccc3)C2)Cc2cccc(-c3ccccc3)c21.C1=C(CCC2=Cc3cccc(-c4ccccc4)c3C2)Cc2c1cccc2-c1ccccc1. The molecule has 0 nitrogen and oxygen atoms in total. The number of allylic oxidation sites excluding steroid dienone is 4. The molecule has 64 heavy (non-hydrogen) atoms. The van der Waals surface area contributed by atoms with Crippen LogP contribution >= 0.6 is 0 Å². The fourth-order valence-corrected chi connectivity index (χ4v) is 10.5. The van der Waals surface area contributed by atoms with Crippen LogP contribution < -0.4 is 0 Å². The molecular weight excluding hydrogens is 769 g/mol. The second-order valence-corrected chi connectivity index (χ2v) is 17.9. The van der Waals surface area contributed by atoms with Gasteiger partial charge in [-0.2, -0.15) is 0 Å². The van der Waals surface area contributed by atoms with Crippen LogP contribution in [0.4, 0.5) is 0 Å². The van der Waals surface area contributed by atoms with Gasteiger partial charge in [-0.05, 0) is 140 Å².